The summed E-state index contributed by atoms with van der Waals surface area (Å²) >= 11 is 0. The molecule has 4 N–H and O–H groups in total. The fraction of sp³-hybridized carbons (Fsp3) is 0.533. The fourth-order valence-electron chi connectivity index (χ4n) is 2.64. The molecule has 0 saturated carbocycles. The molecule has 1 aliphatic rings. The molecule has 0 saturated heterocycles. The Bertz CT molecular complexity index is 476. The Balaban J connectivity index is 1.87. The van der Waals surface area contributed by atoms with Crippen molar-refractivity contribution in [3.05, 3.63) is 29.3 Å². The number of aromatic hydroxyl groups is 1. The molecule has 5 heteroatoms. The van der Waals surface area contributed by atoms with Gasteiger partial charge in [0.2, 0.25) is 0 Å². The number of urea groups is 1. The minimum Gasteiger partial charge on any atom is -0.508 e. The zero-order valence-corrected chi connectivity index (χ0v) is 11.7. The van der Waals surface area contributed by atoms with Crippen LogP contribution in [0.25, 0.3) is 0 Å². The normalized spacial score (nSPS) is 18.4. The van der Waals surface area contributed by atoms with Gasteiger partial charge in [-0.15, -0.1) is 0 Å². The quantitative estimate of drug-likeness (QED) is 0.663. The molecule has 2 atom stereocenters. The number of amides is 2. The van der Waals surface area contributed by atoms with E-state index in [4.69, 9.17) is 0 Å². The number of fused-ring (bicyclic) bond motifs is 1. The van der Waals surface area contributed by atoms with Crippen LogP contribution in [0.5, 0.6) is 5.75 Å². The summed E-state index contributed by atoms with van der Waals surface area (Å²) in [5.41, 5.74) is 1.90. The highest BCUT2D eigenvalue weighted by molar-refractivity contribution is 5.74. The summed E-state index contributed by atoms with van der Waals surface area (Å²) in [6.07, 6.45) is 2.63. The van der Waals surface area contributed by atoms with E-state index in [1.54, 1.807) is 12.1 Å². The number of phenolic OH excluding ortho intramolecular Hbond substituents is 1. The summed E-state index contributed by atoms with van der Waals surface area (Å²) in [4.78, 5) is 11.8. The van der Waals surface area contributed by atoms with Gasteiger partial charge in [0.05, 0.1) is 12.1 Å². The zero-order chi connectivity index (χ0) is 14.5. The van der Waals surface area contributed by atoms with Crippen molar-refractivity contribution in [2.45, 2.75) is 44.8 Å². The lowest BCUT2D eigenvalue weighted by atomic mass is 10.1. The van der Waals surface area contributed by atoms with Crippen molar-refractivity contribution in [2.75, 3.05) is 6.54 Å². The van der Waals surface area contributed by atoms with E-state index in [-0.39, 0.29) is 18.6 Å². The van der Waals surface area contributed by atoms with Gasteiger partial charge < -0.3 is 20.8 Å². The van der Waals surface area contributed by atoms with E-state index in [9.17, 15) is 15.0 Å². The number of nitrogens with one attached hydrogen (secondary N) is 2. The number of aliphatic hydroxyl groups excluding tert-OH is 1. The van der Waals surface area contributed by atoms with Gasteiger partial charge in [0.25, 0.3) is 0 Å². The second-order valence-electron chi connectivity index (χ2n) is 5.23. The van der Waals surface area contributed by atoms with Crippen molar-refractivity contribution in [2.24, 2.45) is 0 Å². The van der Waals surface area contributed by atoms with Crippen LogP contribution in [0.1, 0.15) is 43.4 Å². The minimum absolute atomic E-state index is 0.0691. The van der Waals surface area contributed by atoms with Crippen LogP contribution in [0.2, 0.25) is 0 Å². The van der Waals surface area contributed by atoms with Crippen molar-refractivity contribution in [3.63, 3.8) is 0 Å². The predicted octanol–water partition coefficient (Wildman–Crippen LogP) is 1.84. The largest absolute Gasteiger partial charge is 0.508 e. The maximum Gasteiger partial charge on any atom is 0.315 e. The van der Waals surface area contributed by atoms with E-state index < -0.39 is 6.10 Å². The number of carbonyl (C=O) groups is 1. The van der Waals surface area contributed by atoms with E-state index >= 15 is 0 Å². The van der Waals surface area contributed by atoms with Crippen molar-refractivity contribution in [3.8, 4) is 5.75 Å². The molecular weight excluding hydrogens is 256 g/mol. The maximum absolute atomic E-state index is 11.8. The number of phenols is 1. The molecule has 5 nitrogen and oxygen atoms in total. The first kappa shape index (κ1) is 14.7. The van der Waals surface area contributed by atoms with Crippen LogP contribution in [0.4, 0.5) is 4.79 Å². The number of benzene rings is 1. The van der Waals surface area contributed by atoms with E-state index in [2.05, 4.69) is 10.6 Å². The summed E-state index contributed by atoms with van der Waals surface area (Å²) in [5, 5.41) is 24.9. The highest BCUT2D eigenvalue weighted by Gasteiger charge is 2.25. The van der Waals surface area contributed by atoms with Crippen LogP contribution in [-0.4, -0.2) is 28.9 Å². The summed E-state index contributed by atoms with van der Waals surface area (Å²) in [6.45, 7) is 2.25. The smallest absolute Gasteiger partial charge is 0.315 e. The molecule has 110 valence electrons. The number of rotatable bonds is 5. The Labute approximate surface area is 119 Å². The highest BCUT2D eigenvalue weighted by Crippen LogP contribution is 2.36. The molecule has 0 aromatic heterocycles. The number of hydrogen-bond acceptors (Lipinski definition) is 3. The lowest BCUT2D eigenvalue weighted by molar-refractivity contribution is 0.160. The standard InChI is InChI=1S/C15H22N2O3/c1-2-4-10(18)9-16-15(20)17-13-8-7-12-11(13)5-3-6-14(12)19/h3,5-6,10,13,18-19H,2,4,7-9H2,1H3,(H2,16,17,20). The molecule has 0 radical (unpaired) electrons. The molecule has 0 aliphatic heterocycles. The topological polar surface area (TPSA) is 81.6 Å². The van der Waals surface area contributed by atoms with Crippen molar-refractivity contribution < 1.29 is 15.0 Å². The minimum atomic E-state index is -0.495. The molecule has 1 aliphatic carbocycles. The summed E-state index contributed by atoms with van der Waals surface area (Å²) in [6, 6.07) is 5.04. The lowest BCUT2D eigenvalue weighted by Crippen LogP contribution is -2.40. The van der Waals surface area contributed by atoms with Crippen LogP contribution in [0.15, 0.2) is 18.2 Å². The fourth-order valence-corrected chi connectivity index (χ4v) is 2.64. The highest BCUT2D eigenvalue weighted by atomic mass is 16.3. The third kappa shape index (κ3) is 3.42. The second kappa shape index (κ2) is 6.61. The zero-order valence-electron chi connectivity index (χ0n) is 11.7. The Kier molecular flexibility index (Phi) is 4.84. The van der Waals surface area contributed by atoms with Gasteiger partial charge in [-0.1, -0.05) is 25.5 Å². The van der Waals surface area contributed by atoms with Gasteiger partial charge >= 0.3 is 6.03 Å². The number of hydrogen-bond donors (Lipinski definition) is 4. The van der Waals surface area contributed by atoms with Crippen molar-refractivity contribution in [1.82, 2.24) is 10.6 Å². The molecule has 20 heavy (non-hydrogen) atoms. The first-order valence-electron chi connectivity index (χ1n) is 7.15. The number of aliphatic hydroxyl groups is 1. The van der Waals surface area contributed by atoms with Crippen LogP contribution in [0.3, 0.4) is 0 Å². The molecule has 2 amide bonds. The first-order valence-corrected chi connectivity index (χ1v) is 7.15. The van der Waals surface area contributed by atoms with E-state index in [0.29, 0.717) is 12.2 Å². The Morgan fingerprint density at radius 1 is 1.50 bits per heavy atom. The predicted molar refractivity (Wildman–Crippen MR) is 76.6 cm³/mol. The monoisotopic (exact) mass is 278 g/mol. The van der Waals surface area contributed by atoms with Crippen molar-refractivity contribution in [1.29, 1.82) is 0 Å². The van der Waals surface area contributed by atoms with Crippen LogP contribution >= 0.6 is 0 Å². The molecule has 1 aromatic carbocycles. The van der Waals surface area contributed by atoms with Gasteiger partial charge in [-0.2, -0.15) is 0 Å². The Hall–Kier alpha value is -1.75. The maximum atomic E-state index is 11.8. The van der Waals surface area contributed by atoms with Gasteiger partial charge in [0.1, 0.15) is 5.75 Å². The van der Waals surface area contributed by atoms with E-state index in [1.165, 1.54) is 0 Å². The van der Waals surface area contributed by atoms with Crippen LogP contribution in [0, 0.1) is 0 Å². The Morgan fingerprint density at radius 2 is 2.30 bits per heavy atom. The van der Waals surface area contributed by atoms with Crippen LogP contribution in [-0.2, 0) is 6.42 Å². The second-order valence-corrected chi connectivity index (χ2v) is 5.23. The molecule has 0 spiro atoms. The molecular formula is C15H22N2O3. The van der Waals surface area contributed by atoms with Crippen LogP contribution < -0.4 is 10.6 Å². The van der Waals surface area contributed by atoms with Gasteiger partial charge in [-0.05, 0) is 36.5 Å². The first-order chi connectivity index (χ1) is 9.61. The van der Waals surface area contributed by atoms with E-state index in [1.807, 2.05) is 13.0 Å². The molecule has 1 aromatic rings. The molecule has 2 rings (SSSR count). The molecule has 2 unspecified atom stereocenters. The third-order valence-electron chi connectivity index (χ3n) is 3.67. The molecule has 0 fully saturated rings. The molecule has 0 heterocycles. The average molecular weight is 278 g/mol. The van der Waals surface area contributed by atoms with Crippen molar-refractivity contribution >= 4 is 6.03 Å². The SMILES string of the molecule is CCCC(O)CNC(=O)NC1CCc2c(O)cccc21. The van der Waals surface area contributed by atoms with Gasteiger partial charge in [-0.25, -0.2) is 4.79 Å². The van der Waals surface area contributed by atoms with Gasteiger partial charge in [-0.3, -0.25) is 0 Å². The summed E-state index contributed by atoms with van der Waals surface area (Å²) in [7, 11) is 0. The Morgan fingerprint density at radius 3 is 3.05 bits per heavy atom. The summed E-state index contributed by atoms with van der Waals surface area (Å²) < 4.78 is 0. The summed E-state index contributed by atoms with van der Waals surface area (Å²) in [5.74, 6) is 0.297. The molecule has 0 bridgehead atoms. The number of carbonyl (C=O) groups excluding carboxylic acids is 1. The third-order valence-corrected chi connectivity index (χ3v) is 3.67. The van der Waals surface area contributed by atoms with Gasteiger partial charge in [0, 0.05) is 6.54 Å². The van der Waals surface area contributed by atoms with E-state index in [0.717, 1.165) is 30.4 Å². The lowest BCUT2D eigenvalue weighted by Gasteiger charge is -2.16. The van der Waals surface area contributed by atoms with Gasteiger partial charge in [0.15, 0.2) is 0 Å². The average Bonchev–Trinajstić information content (AvgIpc) is 2.82.